The van der Waals surface area contributed by atoms with Crippen LogP contribution >= 0.6 is 0 Å². The number of benzene rings is 3. The van der Waals surface area contributed by atoms with Crippen molar-refractivity contribution in [3.8, 4) is 5.75 Å². The molecule has 3 aromatic rings. The summed E-state index contributed by atoms with van der Waals surface area (Å²) in [5.74, 6) is 1.34. The maximum absolute atomic E-state index is 6.42. The van der Waals surface area contributed by atoms with Crippen molar-refractivity contribution < 1.29 is 4.74 Å². The number of fused-ring (bicyclic) bond motifs is 2. The highest BCUT2D eigenvalue weighted by atomic mass is 16.5. The second-order valence-corrected chi connectivity index (χ2v) is 8.95. The minimum Gasteiger partial charge on any atom is -0.489 e. The van der Waals surface area contributed by atoms with Gasteiger partial charge in [-0.2, -0.15) is 0 Å². The zero-order chi connectivity index (χ0) is 23.9. The fraction of sp³-hybridized carbons (Fsp3) is 0.290. The molecule has 0 saturated heterocycles. The van der Waals surface area contributed by atoms with E-state index in [1.807, 2.05) is 6.08 Å². The zero-order valence-corrected chi connectivity index (χ0v) is 20.4. The van der Waals surface area contributed by atoms with Crippen molar-refractivity contribution in [2.75, 3.05) is 13.6 Å². The van der Waals surface area contributed by atoms with E-state index in [4.69, 9.17) is 4.74 Å². The predicted molar refractivity (Wildman–Crippen MR) is 144 cm³/mol. The summed E-state index contributed by atoms with van der Waals surface area (Å²) in [6.07, 6.45) is 9.93. The van der Waals surface area contributed by atoms with E-state index in [2.05, 4.69) is 97.4 Å². The number of hydrogen-bond acceptors (Lipinski definition) is 3. The van der Waals surface area contributed by atoms with E-state index in [1.165, 1.54) is 46.0 Å². The summed E-state index contributed by atoms with van der Waals surface area (Å²) in [7, 11) is 1.50. The van der Waals surface area contributed by atoms with E-state index in [-0.39, 0.29) is 6.10 Å². The third kappa shape index (κ3) is 5.16. The van der Waals surface area contributed by atoms with Crippen LogP contribution in [0.25, 0.3) is 12.2 Å². The summed E-state index contributed by atoms with van der Waals surface area (Å²) >= 11 is 0. The van der Waals surface area contributed by atoms with Crippen molar-refractivity contribution in [1.82, 2.24) is 5.32 Å². The van der Waals surface area contributed by atoms with Gasteiger partial charge in [0, 0.05) is 24.6 Å². The Morgan fingerprint density at radius 2 is 1.94 bits per heavy atom. The molecule has 0 aromatic heterocycles. The fourth-order valence-electron chi connectivity index (χ4n) is 5.09. The van der Waals surface area contributed by atoms with Gasteiger partial charge < -0.3 is 15.8 Å². The number of nitrogens with one attached hydrogen (secondary N) is 1. The van der Waals surface area contributed by atoms with E-state index in [0.717, 1.165) is 38.1 Å². The first kappa shape index (κ1) is 24.0. The van der Waals surface area contributed by atoms with Crippen LogP contribution in [0.5, 0.6) is 5.75 Å². The quantitative estimate of drug-likeness (QED) is 0.465. The predicted octanol–water partition coefficient (Wildman–Crippen LogP) is 6.25. The summed E-state index contributed by atoms with van der Waals surface area (Å²) in [6.45, 7) is 7.84. The van der Waals surface area contributed by atoms with Crippen molar-refractivity contribution in [1.29, 1.82) is 0 Å². The van der Waals surface area contributed by atoms with Crippen LogP contribution in [0.3, 0.4) is 0 Å². The monoisotopic (exact) mass is 452 g/mol. The SMILES string of the molecule is C=Cc1cc(C2CC(CNCc3cccc4c3C=CCC4)Oc3ccccc32)ccc1C.CN. The number of nitrogens with two attached hydrogens (primary N) is 1. The number of aryl methyl sites for hydroxylation is 2. The zero-order valence-electron chi connectivity index (χ0n) is 20.4. The van der Waals surface area contributed by atoms with Crippen LogP contribution in [0.15, 0.2) is 73.3 Å². The summed E-state index contributed by atoms with van der Waals surface area (Å²) in [6, 6.07) is 22.0. The molecule has 0 amide bonds. The highest BCUT2D eigenvalue weighted by Crippen LogP contribution is 2.40. The Morgan fingerprint density at radius 3 is 2.79 bits per heavy atom. The van der Waals surface area contributed by atoms with E-state index in [1.54, 1.807) is 0 Å². The minimum absolute atomic E-state index is 0.137. The lowest BCUT2D eigenvalue weighted by Gasteiger charge is -2.33. The van der Waals surface area contributed by atoms with Gasteiger partial charge in [0.05, 0.1) is 0 Å². The molecule has 5 rings (SSSR count). The smallest absolute Gasteiger partial charge is 0.123 e. The third-order valence-electron chi connectivity index (χ3n) is 6.85. The highest BCUT2D eigenvalue weighted by molar-refractivity contribution is 5.60. The van der Waals surface area contributed by atoms with Crippen LogP contribution in [0.1, 0.15) is 57.7 Å². The summed E-state index contributed by atoms with van der Waals surface area (Å²) in [5.41, 5.74) is 13.8. The van der Waals surface area contributed by atoms with Crippen LogP contribution < -0.4 is 15.8 Å². The van der Waals surface area contributed by atoms with Gasteiger partial charge >= 0.3 is 0 Å². The molecule has 1 aliphatic carbocycles. The van der Waals surface area contributed by atoms with Crippen molar-refractivity contribution >= 4 is 12.2 Å². The molecule has 3 nitrogen and oxygen atoms in total. The number of hydrogen-bond donors (Lipinski definition) is 2. The van der Waals surface area contributed by atoms with Gasteiger partial charge in [-0.05, 0) is 72.7 Å². The Labute approximate surface area is 204 Å². The standard InChI is InChI=1S/C30H31NO.CH5N/c1-3-22-17-24(16-15-21(22)2)29-18-26(32-30-14-7-6-13-28(29)30)20-31-19-25-11-8-10-23-9-4-5-12-27(23)25;1-2/h3,5-8,10-17,26,29,31H,1,4,9,18-20H2,2H3;2H2,1H3. The maximum Gasteiger partial charge on any atom is 0.123 e. The van der Waals surface area contributed by atoms with Gasteiger partial charge in [0.2, 0.25) is 0 Å². The largest absolute Gasteiger partial charge is 0.489 e. The molecule has 0 fully saturated rings. The van der Waals surface area contributed by atoms with Crippen LogP contribution in [-0.2, 0) is 13.0 Å². The van der Waals surface area contributed by atoms with Crippen molar-refractivity contribution in [2.24, 2.45) is 5.73 Å². The van der Waals surface area contributed by atoms with Gasteiger partial charge in [-0.15, -0.1) is 0 Å². The first-order valence-electron chi connectivity index (χ1n) is 12.3. The summed E-state index contributed by atoms with van der Waals surface area (Å²) < 4.78 is 6.42. The maximum atomic E-state index is 6.42. The first-order valence-corrected chi connectivity index (χ1v) is 12.3. The molecule has 34 heavy (non-hydrogen) atoms. The molecule has 2 unspecified atom stereocenters. The minimum atomic E-state index is 0.137. The second kappa shape index (κ2) is 11.3. The van der Waals surface area contributed by atoms with Crippen LogP contribution in [0.4, 0.5) is 0 Å². The molecule has 2 atom stereocenters. The van der Waals surface area contributed by atoms with Crippen LogP contribution in [-0.4, -0.2) is 19.7 Å². The molecular weight excluding hydrogens is 416 g/mol. The van der Waals surface area contributed by atoms with E-state index < -0.39 is 0 Å². The van der Waals surface area contributed by atoms with Gasteiger partial charge in [-0.1, -0.05) is 79.4 Å². The van der Waals surface area contributed by atoms with Crippen LogP contribution in [0, 0.1) is 6.92 Å². The number of ether oxygens (including phenoxy) is 1. The molecule has 3 heteroatoms. The van der Waals surface area contributed by atoms with Crippen molar-refractivity contribution in [3.05, 3.63) is 112 Å². The van der Waals surface area contributed by atoms with E-state index >= 15 is 0 Å². The average molecular weight is 453 g/mol. The topological polar surface area (TPSA) is 47.3 Å². The Balaban J connectivity index is 0.00000133. The lowest BCUT2D eigenvalue weighted by atomic mass is 9.83. The van der Waals surface area contributed by atoms with Crippen molar-refractivity contribution in [3.63, 3.8) is 0 Å². The van der Waals surface area contributed by atoms with Gasteiger partial charge in [0.15, 0.2) is 0 Å². The molecular formula is C31H36N2O. The second-order valence-electron chi connectivity index (χ2n) is 8.95. The fourth-order valence-corrected chi connectivity index (χ4v) is 5.09. The normalized spacial score (nSPS) is 18.1. The lowest BCUT2D eigenvalue weighted by molar-refractivity contribution is 0.162. The van der Waals surface area contributed by atoms with E-state index in [9.17, 15) is 0 Å². The van der Waals surface area contributed by atoms with Gasteiger partial charge in [-0.25, -0.2) is 0 Å². The Bertz CT molecular complexity index is 1160. The number of rotatable bonds is 6. The van der Waals surface area contributed by atoms with Crippen molar-refractivity contribution in [2.45, 2.75) is 44.8 Å². The Hall–Kier alpha value is -3.14. The molecule has 3 aromatic carbocycles. The Morgan fingerprint density at radius 1 is 1.09 bits per heavy atom. The number of para-hydroxylation sites is 1. The number of allylic oxidation sites excluding steroid dienone is 1. The first-order chi connectivity index (χ1) is 16.7. The molecule has 1 heterocycles. The van der Waals surface area contributed by atoms with Gasteiger partial charge in [-0.3, -0.25) is 0 Å². The van der Waals surface area contributed by atoms with Gasteiger partial charge in [0.1, 0.15) is 11.9 Å². The van der Waals surface area contributed by atoms with E-state index in [0.29, 0.717) is 5.92 Å². The molecule has 0 radical (unpaired) electrons. The Kier molecular flexibility index (Phi) is 7.99. The third-order valence-corrected chi connectivity index (χ3v) is 6.85. The molecule has 1 aliphatic heterocycles. The highest BCUT2D eigenvalue weighted by Gasteiger charge is 2.29. The molecule has 0 saturated carbocycles. The molecule has 0 spiro atoms. The molecule has 3 N–H and O–H groups in total. The average Bonchev–Trinajstić information content (AvgIpc) is 2.90. The summed E-state index contributed by atoms with van der Waals surface area (Å²) in [4.78, 5) is 0. The summed E-state index contributed by atoms with van der Waals surface area (Å²) in [5, 5.41) is 3.68. The lowest BCUT2D eigenvalue weighted by Crippen LogP contribution is -2.35. The molecule has 2 aliphatic rings. The molecule has 0 bridgehead atoms. The molecule has 176 valence electrons. The van der Waals surface area contributed by atoms with Crippen LogP contribution in [0.2, 0.25) is 0 Å². The van der Waals surface area contributed by atoms with Gasteiger partial charge in [0.25, 0.3) is 0 Å².